The minimum atomic E-state index is -4.14. The molecule has 0 amide bonds. The van der Waals surface area contributed by atoms with E-state index in [1.807, 2.05) is 37.3 Å². The van der Waals surface area contributed by atoms with Crippen molar-refractivity contribution in [1.29, 1.82) is 0 Å². The average molecular weight is 272 g/mol. The molecule has 1 atom stereocenters. The summed E-state index contributed by atoms with van der Waals surface area (Å²) in [4.78, 5) is 1.49. The molecule has 1 saturated heterocycles. The minimum Gasteiger partial charge on any atom is -0.307 e. The zero-order valence-electron chi connectivity index (χ0n) is 11.0. The maximum Gasteiger partial charge on any atom is 0.401 e. The molecule has 2 nitrogen and oxygen atoms in total. The number of halogens is 3. The Morgan fingerprint density at radius 3 is 2.58 bits per heavy atom. The summed E-state index contributed by atoms with van der Waals surface area (Å²) in [6, 6.07) is 9.67. The first-order valence-electron chi connectivity index (χ1n) is 6.49. The number of hydrogen-bond donors (Lipinski definition) is 1. The Hall–Kier alpha value is -1.07. The largest absolute Gasteiger partial charge is 0.401 e. The average Bonchev–Trinajstić information content (AvgIpc) is 2.51. The Balaban J connectivity index is 2.16. The fourth-order valence-corrected chi connectivity index (χ4v) is 2.64. The van der Waals surface area contributed by atoms with Crippen LogP contribution < -0.4 is 5.32 Å². The van der Waals surface area contributed by atoms with Crippen LogP contribution in [0.2, 0.25) is 0 Å². The van der Waals surface area contributed by atoms with E-state index in [1.54, 1.807) is 0 Å². The van der Waals surface area contributed by atoms with Crippen LogP contribution in [-0.4, -0.2) is 37.3 Å². The highest BCUT2D eigenvalue weighted by Crippen LogP contribution is 2.26. The molecule has 0 radical (unpaired) electrons. The third-order valence-electron chi connectivity index (χ3n) is 3.52. The van der Waals surface area contributed by atoms with Crippen molar-refractivity contribution in [2.24, 2.45) is 0 Å². The van der Waals surface area contributed by atoms with Gasteiger partial charge >= 0.3 is 6.18 Å². The third kappa shape index (κ3) is 3.94. The quantitative estimate of drug-likeness (QED) is 0.890. The molecule has 1 unspecified atom stereocenters. The van der Waals surface area contributed by atoms with Gasteiger partial charge < -0.3 is 5.32 Å². The van der Waals surface area contributed by atoms with Gasteiger partial charge in [0.1, 0.15) is 0 Å². The Morgan fingerprint density at radius 2 is 1.95 bits per heavy atom. The molecule has 106 valence electrons. The van der Waals surface area contributed by atoms with E-state index in [2.05, 4.69) is 5.32 Å². The third-order valence-corrected chi connectivity index (χ3v) is 3.52. The van der Waals surface area contributed by atoms with Crippen molar-refractivity contribution in [1.82, 2.24) is 10.2 Å². The molecule has 1 aromatic carbocycles. The predicted octanol–water partition coefficient (Wildman–Crippen LogP) is 2.76. The molecule has 0 aliphatic carbocycles. The SMILES string of the molecule is CC1(c2ccccc2)CN(CC(F)(F)F)CCCN1. The topological polar surface area (TPSA) is 15.3 Å². The van der Waals surface area contributed by atoms with E-state index in [4.69, 9.17) is 0 Å². The highest BCUT2D eigenvalue weighted by atomic mass is 19.4. The first kappa shape index (κ1) is 14.3. The van der Waals surface area contributed by atoms with Crippen LogP contribution in [0.4, 0.5) is 13.2 Å². The van der Waals surface area contributed by atoms with Gasteiger partial charge in [-0.15, -0.1) is 0 Å². The highest BCUT2D eigenvalue weighted by molar-refractivity contribution is 5.24. The van der Waals surface area contributed by atoms with Crippen molar-refractivity contribution >= 4 is 0 Å². The van der Waals surface area contributed by atoms with Crippen LogP contribution in [-0.2, 0) is 5.54 Å². The van der Waals surface area contributed by atoms with Crippen LogP contribution in [0.1, 0.15) is 18.9 Å². The molecule has 1 aromatic rings. The number of hydrogen-bond acceptors (Lipinski definition) is 2. The molecule has 0 saturated carbocycles. The maximum atomic E-state index is 12.6. The molecule has 2 rings (SSSR count). The van der Waals surface area contributed by atoms with Crippen molar-refractivity contribution in [2.45, 2.75) is 25.1 Å². The van der Waals surface area contributed by atoms with Crippen molar-refractivity contribution in [2.75, 3.05) is 26.2 Å². The first-order chi connectivity index (χ1) is 8.89. The van der Waals surface area contributed by atoms with Gasteiger partial charge in [0.15, 0.2) is 0 Å². The Bertz CT molecular complexity index is 405. The molecule has 1 N–H and O–H groups in total. The second-order valence-electron chi connectivity index (χ2n) is 5.30. The van der Waals surface area contributed by atoms with Gasteiger partial charge in [-0.1, -0.05) is 30.3 Å². The van der Waals surface area contributed by atoms with E-state index in [-0.39, 0.29) is 0 Å². The van der Waals surface area contributed by atoms with E-state index in [1.165, 1.54) is 4.90 Å². The van der Waals surface area contributed by atoms with Crippen molar-refractivity contribution in [3.8, 4) is 0 Å². The number of alkyl halides is 3. The van der Waals surface area contributed by atoms with E-state index in [0.717, 1.165) is 18.5 Å². The van der Waals surface area contributed by atoms with Gasteiger partial charge in [0, 0.05) is 6.54 Å². The summed E-state index contributed by atoms with van der Waals surface area (Å²) in [5, 5.41) is 3.38. The monoisotopic (exact) mass is 272 g/mol. The molecule has 19 heavy (non-hydrogen) atoms. The standard InChI is InChI=1S/C14H19F3N2/c1-13(12-6-3-2-4-7-12)10-19(9-5-8-18-13)11-14(15,16)17/h2-4,6-7,18H,5,8-11H2,1H3. The van der Waals surface area contributed by atoms with Crippen molar-refractivity contribution in [3.05, 3.63) is 35.9 Å². The molecular weight excluding hydrogens is 253 g/mol. The van der Waals surface area contributed by atoms with Gasteiger partial charge in [-0.05, 0) is 32.0 Å². The first-order valence-corrected chi connectivity index (χ1v) is 6.49. The lowest BCUT2D eigenvalue weighted by atomic mass is 9.91. The molecular formula is C14H19F3N2. The number of nitrogens with zero attached hydrogens (tertiary/aromatic N) is 1. The fraction of sp³-hybridized carbons (Fsp3) is 0.571. The van der Waals surface area contributed by atoms with E-state index < -0.39 is 18.3 Å². The lowest BCUT2D eigenvalue weighted by Gasteiger charge is -2.34. The van der Waals surface area contributed by atoms with Gasteiger partial charge in [-0.25, -0.2) is 0 Å². The van der Waals surface area contributed by atoms with E-state index >= 15 is 0 Å². The van der Waals surface area contributed by atoms with Crippen molar-refractivity contribution in [3.63, 3.8) is 0 Å². The Kier molecular flexibility index (Phi) is 4.16. The second kappa shape index (κ2) is 5.51. The number of rotatable bonds is 2. The summed E-state index contributed by atoms with van der Waals surface area (Å²) in [7, 11) is 0. The summed E-state index contributed by atoms with van der Waals surface area (Å²) < 4.78 is 37.7. The molecule has 1 fully saturated rings. The summed E-state index contributed by atoms with van der Waals surface area (Å²) in [6.07, 6.45) is -3.40. The van der Waals surface area contributed by atoms with Crippen LogP contribution >= 0.6 is 0 Å². The van der Waals surface area contributed by atoms with Gasteiger partial charge in [-0.3, -0.25) is 4.90 Å². The van der Waals surface area contributed by atoms with Crippen molar-refractivity contribution < 1.29 is 13.2 Å². The zero-order chi connectivity index (χ0) is 13.9. The lowest BCUT2D eigenvalue weighted by Crippen LogP contribution is -2.48. The minimum absolute atomic E-state index is 0.372. The fourth-order valence-electron chi connectivity index (χ4n) is 2.64. The Labute approximate surface area is 111 Å². The van der Waals surface area contributed by atoms with Crippen LogP contribution in [0, 0.1) is 0 Å². The summed E-state index contributed by atoms with van der Waals surface area (Å²) >= 11 is 0. The lowest BCUT2D eigenvalue weighted by molar-refractivity contribution is -0.147. The normalized spacial score (nSPS) is 26.1. The van der Waals surface area contributed by atoms with Crippen LogP contribution in [0.15, 0.2) is 30.3 Å². The van der Waals surface area contributed by atoms with Crippen LogP contribution in [0.25, 0.3) is 0 Å². The number of nitrogens with one attached hydrogen (secondary N) is 1. The number of benzene rings is 1. The predicted molar refractivity (Wildman–Crippen MR) is 68.9 cm³/mol. The van der Waals surface area contributed by atoms with Gasteiger partial charge in [0.25, 0.3) is 0 Å². The van der Waals surface area contributed by atoms with E-state index in [0.29, 0.717) is 13.1 Å². The van der Waals surface area contributed by atoms with Crippen LogP contribution in [0.5, 0.6) is 0 Å². The molecule has 1 heterocycles. The maximum absolute atomic E-state index is 12.6. The summed E-state index contributed by atoms with van der Waals surface area (Å²) in [6.45, 7) is 2.72. The molecule has 0 spiro atoms. The van der Waals surface area contributed by atoms with Crippen LogP contribution in [0.3, 0.4) is 0 Å². The van der Waals surface area contributed by atoms with Gasteiger partial charge in [0.2, 0.25) is 0 Å². The summed E-state index contributed by atoms with van der Waals surface area (Å²) in [5.74, 6) is 0. The molecule has 1 aliphatic rings. The van der Waals surface area contributed by atoms with Gasteiger partial charge in [-0.2, -0.15) is 13.2 Å². The smallest absolute Gasteiger partial charge is 0.307 e. The molecule has 1 aliphatic heterocycles. The molecule has 5 heteroatoms. The van der Waals surface area contributed by atoms with E-state index in [9.17, 15) is 13.2 Å². The Morgan fingerprint density at radius 1 is 1.26 bits per heavy atom. The molecule has 0 aromatic heterocycles. The summed E-state index contributed by atoms with van der Waals surface area (Å²) in [5.41, 5.74) is 0.604. The highest BCUT2D eigenvalue weighted by Gasteiger charge is 2.36. The second-order valence-corrected chi connectivity index (χ2v) is 5.30. The van der Waals surface area contributed by atoms with Gasteiger partial charge in [0.05, 0.1) is 12.1 Å². The zero-order valence-corrected chi connectivity index (χ0v) is 11.0. The molecule has 0 bridgehead atoms.